The molecule has 0 amide bonds. The van der Waals surface area contributed by atoms with Crippen molar-refractivity contribution in [3.05, 3.63) is 198 Å². The van der Waals surface area contributed by atoms with E-state index in [4.69, 9.17) is 0 Å². The summed E-state index contributed by atoms with van der Waals surface area (Å²) in [5, 5.41) is 2.67. The Bertz CT molecular complexity index is 3010. The first-order valence-electron chi connectivity index (χ1n) is 19.7. The second-order valence-corrected chi connectivity index (χ2v) is 17.6. The zero-order valence-electron chi connectivity index (χ0n) is 32.1. The molecular weight excluding hydrogens is 695 g/mol. The molecule has 0 saturated heterocycles. The van der Waals surface area contributed by atoms with Crippen LogP contribution < -0.4 is 4.90 Å². The van der Waals surface area contributed by atoms with Gasteiger partial charge in [0.2, 0.25) is 0 Å². The molecular formula is C54H41NS. The van der Waals surface area contributed by atoms with Crippen LogP contribution in [-0.2, 0) is 10.8 Å². The van der Waals surface area contributed by atoms with Crippen LogP contribution in [0.2, 0.25) is 0 Å². The predicted octanol–water partition coefficient (Wildman–Crippen LogP) is 15.5. The van der Waals surface area contributed by atoms with E-state index in [1.165, 1.54) is 86.9 Å². The number of thiophene rings is 1. The van der Waals surface area contributed by atoms with Gasteiger partial charge in [0, 0.05) is 48.1 Å². The van der Waals surface area contributed by atoms with Crippen molar-refractivity contribution in [2.24, 2.45) is 0 Å². The third-order valence-electron chi connectivity index (χ3n) is 12.7. The van der Waals surface area contributed by atoms with Crippen LogP contribution in [0.15, 0.2) is 176 Å². The molecule has 2 heteroatoms. The number of hydrogen-bond acceptors (Lipinski definition) is 2. The molecule has 8 aromatic carbocycles. The largest absolute Gasteiger partial charge is 0.310 e. The second kappa shape index (κ2) is 12.1. The van der Waals surface area contributed by atoms with Crippen molar-refractivity contribution in [3.63, 3.8) is 0 Å². The lowest BCUT2D eigenvalue weighted by Crippen LogP contribution is -2.16. The molecule has 1 aromatic heterocycles. The monoisotopic (exact) mass is 735 g/mol. The average Bonchev–Trinajstić information content (AvgIpc) is 3.81. The summed E-state index contributed by atoms with van der Waals surface area (Å²) in [7, 11) is 0. The van der Waals surface area contributed by atoms with Gasteiger partial charge in [-0.2, -0.15) is 0 Å². The van der Waals surface area contributed by atoms with E-state index in [9.17, 15) is 0 Å². The first-order chi connectivity index (χ1) is 27.3. The number of rotatable bonds is 5. The number of benzene rings is 8. The molecule has 1 heterocycles. The lowest BCUT2D eigenvalue weighted by molar-refractivity contribution is 0.660. The van der Waals surface area contributed by atoms with Crippen LogP contribution in [-0.4, -0.2) is 0 Å². The van der Waals surface area contributed by atoms with Gasteiger partial charge >= 0.3 is 0 Å². The molecule has 0 aliphatic heterocycles. The molecule has 1 nitrogen and oxygen atoms in total. The van der Waals surface area contributed by atoms with Crippen molar-refractivity contribution in [3.8, 4) is 44.5 Å². The van der Waals surface area contributed by atoms with Gasteiger partial charge < -0.3 is 4.90 Å². The Morgan fingerprint density at radius 1 is 0.375 bits per heavy atom. The van der Waals surface area contributed by atoms with Crippen molar-refractivity contribution in [2.45, 2.75) is 38.5 Å². The van der Waals surface area contributed by atoms with Gasteiger partial charge in [0.05, 0.1) is 0 Å². The summed E-state index contributed by atoms with van der Waals surface area (Å²) in [5.41, 5.74) is 19.2. The Morgan fingerprint density at radius 3 is 1.61 bits per heavy atom. The number of anilines is 3. The van der Waals surface area contributed by atoms with E-state index >= 15 is 0 Å². The molecule has 2 aliphatic rings. The summed E-state index contributed by atoms with van der Waals surface area (Å²) in [5.74, 6) is 0. The van der Waals surface area contributed by atoms with E-state index < -0.39 is 0 Å². The third-order valence-corrected chi connectivity index (χ3v) is 13.8. The quantitative estimate of drug-likeness (QED) is 0.170. The Hall–Kier alpha value is -6.22. The van der Waals surface area contributed by atoms with Crippen LogP contribution in [0.4, 0.5) is 17.1 Å². The molecule has 2 aliphatic carbocycles. The zero-order chi connectivity index (χ0) is 37.8. The van der Waals surface area contributed by atoms with E-state index in [1.54, 1.807) is 0 Å². The normalized spacial score (nSPS) is 14.4. The van der Waals surface area contributed by atoms with Crippen molar-refractivity contribution in [2.75, 3.05) is 4.90 Å². The highest BCUT2D eigenvalue weighted by Crippen LogP contribution is 2.53. The second-order valence-electron chi connectivity index (χ2n) is 16.5. The lowest BCUT2D eigenvalue weighted by atomic mass is 9.79. The molecule has 56 heavy (non-hydrogen) atoms. The summed E-state index contributed by atoms with van der Waals surface area (Å²) in [6.45, 7) is 9.47. The fourth-order valence-electron chi connectivity index (χ4n) is 9.96. The number of nitrogens with zero attached hydrogens (tertiary/aromatic N) is 1. The van der Waals surface area contributed by atoms with Crippen LogP contribution in [0.5, 0.6) is 0 Å². The zero-order valence-corrected chi connectivity index (χ0v) is 32.9. The van der Waals surface area contributed by atoms with Crippen LogP contribution in [0.3, 0.4) is 0 Å². The molecule has 0 N–H and O–H groups in total. The molecule has 0 spiro atoms. The minimum absolute atomic E-state index is 0.0800. The maximum absolute atomic E-state index is 2.43. The minimum Gasteiger partial charge on any atom is -0.310 e. The van der Waals surface area contributed by atoms with Crippen molar-refractivity contribution in [1.82, 2.24) is 0 Å². The Kier molecular flexibility index (Phi) is 7.18. The minimum atomic E-state index is -0.0959. The topological polar surface area (TPSA) is 3.24 Å². The Labute approximate surface area is 333 Å². The van der Waals surface area contributed by atoms with Gasteiger partial charge in [-0.05, 0) is 115 Å². The van der Waals surface area contributed by atoms with Crippen molar-refractivity contribution >= 4 is 48.6 Å². The molecule has 0 unspecified atom stereocenters. The summed E-state index contributed by atoms with van der Waals surface area (Å²) >= 11 is 1.87. The van der Waals surface area contributed by atoms with Crippen molar-refractivity contribution in [1.29, 1.82) is 0 Å². The molecule has 0 bridgehead atoms. The maximum atomic E-state index is 2.43. The number of hydrogen-bond donors (Lipinski definition) is 0. The molecule has 0 radical (unpaired) electrons. The van der Waals surface area contributed by atoms with Gasteiger partial charge in [0.15, 0.2) is 0 Å². The van der Waals surface area contributed by atoms with Gasteiger partial charge in [0.1, 0.15) is 0 Å². The van der Waals surface area contributed by atoms with Crippen LogP contribution in [0.1, 0.15) is 49.9 Å². The van der Waals surface area contributed by atoms with Crippen LogP contribution in [0.25, 0.3) is 64.7 Å². The lowest BCUT2D eigenvalue weighted by Gasteiger charge is -2.29. The smallest absolute Gasteiger partial charge is 0.0465 e. The third kappa shape index (κ3) is 4.79. The molecule has 0 atom stereocenters. The van der Waals surface area contributed by atoms with E-state index in [0.717, 1.165) is 17.1 Å². The summed E-state index contributed by atoms with van der Waals surface area (Å²) in [6, 6.07) is 65.7. The van der Waals surface area contributed by atoms with Crippen molar-refractivity contribution < 1.29 is 0 Å². The fourth-order valence-corrected chi connectivity index (χ4v) is 11.1. The molecule has 9 aromatic rings. The van der Waals surface area contributed by atoms with Crippen LogP contribution >= 0.6 is 11.3 Å². The molecule has 11 rings (SSSR count). The van der Waals surface area contributed by atoms with E-state index in [-0.39, 0.29) is 10.8 Å². The molecule has 0 fully saturated rings. The highest BCUT2D eigenvalue weighted by molar-refractivity contribution is 7.25. The summed E-state index contributed by atoms with van der Waals surface area (Å²) < 4.78 is 2.66. The summed E-state index contributed by atoms with van der Waals surface area (Å²) in [6.07, 6.45) is 0. The molecule has 268 valence electrons. The standard InChI is InChI=1S/C54H41NS/c1-53(2)46-19-8-5-13-41(46)43-32-31-38(33-48(43)53)55(36-27-23-34(24-28-36)39-16-12-22-50-51(39)45-15-7-10-21-49(45)56-50)37-29-25-35(26-30-37)40-17-11-18-44-42-14-6-9-20-47(42)54(3,4)52(40)44/h5-33H,1-4H3. The highest BCUT2D eigenvalue weighted by Gasteiger charge is 2.38. The first-order valence-corrected chi connectivity index (χ1v) is 20.5. The highest BCUT2D eigenvalue weighted by atomic mass is 32.1. The predicted molar refractivity (Wildman–Crippen MR) is 240 cm³/mol. The van der Waals surface area contributed by atoms with Gasteiger partial charge in [-0.25, -0.2) is 0 Å². The number of fused-ring (bicyclic) bond motifs is 9. The summed E-state index contributed by atoms with van der Waals surface area (Å²) in [4.78, 5) is 2.43. The average molecular weight is 736 g/mol. The van der Waals surface area contributed by atoms with E-state index in [0.29, 0.717) is 0 Å². The Balaban J connectivity index is 1.04. The van der Waals surface area contributed by atoms with Gasteiger partial charge in [-0.3, -0.25) is 0 Å². The van der Waals surface area contributed by atoms with Gasteiger partial charge in [-0.1, -0.05) is 155 Å². The van der Waals surface area contributed by atoms with E-state index in [1.807, 2.05) is 11.3 Å². The molecule has 0 saturated carbocycles. The SMILES string of the molecule is CC1(C)c2ccccc2-c2ccc(N(c3ccc(-c4cccc5c4C(C)(C)c4ccccc4-5)cc3)c3ccc(-c4cccc5sc6ccccc6c45)cc3)cc21. The van der Waals surface area contributed by atoms with Gasteiger partial charge in [0.25, 0.3) is 0 Å². The Morgan fingerprint density at radius 2 is 0.875 bits per heavy atom. The van der Waals surface area contributed by atoms with Gasteiger partial charge in [-0.15, -0.1) is 11.3 Å². The maximum Gasteiger partial charge on any atom is 0.0465 e. The van der Waals surface area contributed by atoms with Crippen LogP contribution in [0, 0.1) is 0 Å². The first kappa shape index (κ1) is 33.1. The van der Waals surface area contributed by atoms with E-state index in [2.05, 4.69) is 209 Å². The fraction of sp³-hybridized carbons (Fsp3) is 0.111.